The first-order chi connectivity index (χ1) is 26.9. The van der Waals surface area contributed by atoms with Gasteiger partial charge in [-0.25, -0.2) is 4.99 Å². The molecular weight excluding hydrogens is 842 g/mol. The number of aromatic nitrogens is 4. The zero-order valence-electron chi connectivity index (χ0n) is 32.4. The quantitative estimate of drug-likeness (QED) is 0.190. The Kier molecular flexibility index (Phi) is 15.6. The molecule has 2 aliphatic heterocycles. The van der Waals surface area contributed by atoms with Gasteiger partial charge in [0.15, 0.2) is 6.20 Å². The molecule has 4 aromatic carbocycles. The van der Waals surface area contributed by atoms with E-state index < -0.39 is 7.12 Å². The Morgan fingerprint density at radius 3 is 1.79 bits per heavy atom. The summed E-state index contributed by atoms with van der Waals surface area (Å²) in [6.45, 7) is 5.86. The minimum absolute atomic E-state index is 0. The van der Waals surface area contributed by atoms with Gasteiger partial charge in [-0.3, -0.25) is 9.36 Å². The number of hydrogen-bond donors (Lipinski definition) is 4. The summed E-state index contributed by atoms with van der Waals surface area (Å²) in [6.07, 6.45) is 11.0. The average Bonchev–Trinajstić information content (AvgIpc) is 3.74. The van der Waals surface area contributed by atoms with Crippen molar-refractivity contribution >= 4 is 63.5 Å². The molecule has 0 bridgehead atoms. The highest BCUT2D eigenvalue weighted by molar-refractivity contribution is 9.10. The first kappa shape index (κ1) is 44.1. The molecule has 2 aliphatic rings. The standard InChI is InChI=1S/C22H24ClN3.C17H13BrClN.C5H9BN2O2.ClH/c1-16-21(15-26(2)25-16)17-3-5-18(6-4-17)22(11-13-24-14-12-22)19-7-9-20(23)10-8-19;18-14-5-1-13(2-6-14)17-11-20-10-9-16(17)12-3-7-15(19)8-4-12;1-4-5(6(9)10)3-8(2)7-4;/h3-10,15,24H,11-14H2,1-2H3;1-8,10-11,16H,9H2;3,9-10H,1-2H3;1H. The minimum Gasteiger partial charge on any atom is -1.00 e. The third-order valence-electron chi connectivity index (χ3n) is 10.5. The van der Waals surface area contributed by atoms with Crippen molar-refractivity contribution in [2.24, 2.45) is 14.1 Å². The molecule has 0 amide bonds. The van der Waals surface area contributed by atoms with E-state index in [1.165, 1.54) is 39.0 Å². The van der Waals surface area contributed by atoms with Crippen LogP contribution in [0.1, 0.15) is 58.8 Å². The maximum atomic E-state index is 8.72. The third kappa shape index (κ3) is 10.9. The second kappa shape index (κ2) is 20.1. The van der Waals surface area contributed by atoms with Crippen molar-refractivity contribution < 1.29 is 27.4 Å². The van der Waals surface area contributed by atoms with Crippen LogP contribution in [0.5, 0.6) is 0 Å². The largest absolute Gasteiger partial charge is 1.00 e. The van der Waals surface area contributed by atoms with E-state index >= 15 is 0 Å². The van der Waals surface area contributed by atoms with Gasteiger partial charge in [-0.2, -0.15) is 10.2 Å². The molecule has 6 aromatic rings. The van der Waals surface area contributed by atoms with E-state index in [0.29, 0.717) is 17.1 Å². The fraction of sp³-hybridized carbons (Fsp3) is 0.250. The lowest BCUT2D eigenvalue weighted by atomic mass is 9.68. The van der Waals surface area contributed by atoms with Crippen molar-refractivity contribution in [1.29, 1.82) is 0 Å². The summed E-state index contributed by atoms with van der Waals surface area (Å²) in [5.74, 6) is 0.370. The lowest BCUT2D eigenvalue weighted by molar-refractivity contribution is -0.369. The highest BCUT2D eigenvalue weighted by Gasteiger charge is 2.35. The number of nitrogens with one attached hydrogen (secondary N) is 2. The van der Waals surface area contributed by atoms with Crippen LogP contribution in [-0.4, -0.2) is 56.0 Å². The second-order valence-electron chi connectivity index (χ2n) is 14.3. The second-order valence-corrected chi connectivity index (χ2v) is 16.0. The number of rotatable bonds is 6. The number of hydrogen-bond acceptors (Lipinski definition) is 5. The van der Waals surface area contributed by atoms with Gasteiger partial charge in [0.2, 0.25) is 0 Å². The van der Waals surface area contributed by atoms with Crippen molar-refractivity contribution in [2.75, 3.05) is 13.1 Å². The smallest absolute Gasteiger partial charge is 0.491 e. The number of aryl methyl sites for hydroxylation is 4. The maximum Gasteiger partial charge on any atom is 0.491 e. The Hall–Kier alpha value is -4.00. The van der Waals surface area contributed by atoms with Crippen LogP contribution in [0.2, 0.25) is 10.0 Å². The molecule has 8 rings (SSSR count). The molecule has 0 aliphatic carbocycles. The topological polar surface area (TPSA) is 102 Å². The number of halogens is 4. The molecule has 4 N–H and O–H groups in total. The highest BCUT2D eigenvalue weighted by atomic mass is 79.9. The van der Waals surface area contributed by atoms with Crippen LogP contribution >= 0.6 is 39.1 Å². The Morgan fingerprint density at radius 1 is 0.754 bits per heavy atom. The van der Waals surface area contributed by atoms with Crippen LogP contribution in [0.25, 0.3) is 16.7 Å². The van der Waals surface area contributed by atoms with Gasteiger partial charge >= 0.3 is 7.12 Å². The van der Waals surface area contributed by atoms with E-state index in [-0.39, 0.29) is 17.8 Å². The molecule has 1 unspecified atom stereocenters. The fourth-order valence-electron chi connectivity index (χ4n) is 7.59. The summed E-state index contributed by atoms with van der Waals surface area (Å²) in [4.78, 5) is 3.23. The molecule has 0 saturated carbocycles. The molecule has 296 valence electrons. The molecule has 2 aromatic heterocycles. The normalized spacial score (nSPS) is 15.6. The molecule has 57 heavy (non-hydrogen) atoms. The number of piperidine rings is 1. The third-order valence-corrected chi connectivity index (χ3v) is 11.5. The molecular formula is C44H47BBrCl3N6O2. The highest BCUT2D eigenvalue weighted by Crippen LogP contribution is 2.41. The van der Waals surface area contributed by atoms with Gasteiger partial charge in [0.25, 0.3) is 0 Å². The zero-order chi connectivity index (χ0) is 39.8. The van der Waals surface area contributed by atoms with Gasteiger partial charge < -0.3 is 27.8 Å². The van der Waals surface area contributed by atoms with E-state index in [4.69, 9.17) is 33.2 Å². The average molecular weight is 889 g/mol. The Morgan fingerprint density at radius 2 is 1.28 bits per heavy atom. The molecule has 0 spiro atoms. The Bertz CT molecular complexity index is 2270. The van der Waals surface area contributed by atoms with E-state index in [0.717, 1.165) is 52.6 Å². The number of benzene rings is 4. The van der Waals surface area contributed by atoms with E-state index in [1.54, 1.807) is 24.9 Å². The van der Waals surface area contributed by atoms with Crippen molar-refractivity contribution in [1.82, 2.24) is 24.9 Å². The van der Waals surface area contributed by atoms with Crippen LogP contribution in [0.4, 0.5) is 0 Å². The lowest BCUT2D eigenvalue weighted by Crippen LogP contribution is -3.00. The van der Waals surface area contributed by atoms with Crippen LogP contribution in [0.15, 0.2) is 120 Å². The summed E-state index contributed by atoms with van der Waals surface area (Å²) in [5, 5.41) is 30.9. The van der Waals surface area contributed by atoms with Gasteiger partial charge in [0.1, 0.15) is 6.21 Å². The summed E-state index contributed by atoms with van der Waals surface area (Å²) in [6, 6.07) is 34.0. The number of nitrogens with zero attached hydrogens (tertiary/aromatic N) is 4. The molecule has 8 nitrogen and oxygen atoms in total. The summed E-state index contributed by atoms with van der Waals surface area (Å²) >= 11 is 15.6. The van der Waals surface area contributed by atoms with Gasteiger partial charge in [-0.15, -0.1) is 0 Å². The molecule has 4 heterocycles. The summed E-state index contributed by atoms with van der Waals surface area (Å²) in [7, 11) is 2.29. The van der Waals surface area contributed by atoms with Gasteiger partial charge in [-0.05, 0) is 104 Å². The molecule has 0 radical (unpaired) electrons. The molecule has 1 saturated heterocycles. The molecule has 1 atom stereocenters. The lowest BCUT2D eigenvalue weighted by Gasteiger charge is -2.39. The van der Waals surface area contributed by atoms with Gasteiger partial charge in [0.05, 0.1) is 11.4 Å². The van der Waals surface area contributed by atoms with Crippen molar-refractivity contribution in [2.45, 2.75) is 44.4 Å². The molecule has 1 fully saturated rings. The molecule has 13 heteroatoms. The minimum atomic E-state index is -1.41. The van der Waals surface area contributed by atoms with E-state index in [2.05, 4.69) is 135 Å². The van der Waals surface area contributed by atoms with Gasteiger partial charge in [-0.1, -0.05) is 99.8 Å². The first-order valence-electron chi connectivity index (χ1n) is 18.7. The Balaban J connectivity index is 0.000000177. The predicted molar refractivity (Wildman–Crippen MR) is 233 cm³/mol. The van der Waals surface area contributed by atoms with Crippen LogP contribution in [0.3, 0.4) is 0 Å². The fourth-order valence-corrected chi connectivity index (χ4v) is 8.11. The SMILES string of the molecule is Cc1nn(C)cc1-c1ccc(C2(c3ccc(Cl)cc3)CCNCC2)cc1.Cc1nn(C)cc1B(O)O.Clc1ccc(C2CC=[NH+]C=C2c2ccc(Br)cc2)cc1.[Cl-]. The summed E-state index contributed by atoms with van der Waals surface area (Å²) in [5.41, 5.74) is 11.2. The monoisotopic (exact) mass is 886 g/mol. The first-order valence-corrected chi connectivity index (χ1v) is 20.2. The van der Waals surface area contributed by atoms with Crippen LogP contribution in [-0.2, 0) is 19.5 Å². The zero-order valence-corrected chi connectivity index (χ0v) is 36.3. The van der Waals surface area contributed by atoms with E-state index in [1.807, 2.05) is 36.0 Å². The van der Waals surface area contributed by atoms with Crippen molar-refractivity contribution in [3.05, 3.63) is 164 Å². The van der Waals surface area contributed by atoms with Crippen LogP contribution < -0.4 is 28.2 Å². The number of allylic oxidation sites excluding steroid dienone is 1. The van der Waals surface area contributed by atoms with Crippen LogP contribution in [0, 0.1) is 13.8 Å². The van der Waals surface area contributed by atoms with Gasteiger partial charge in [0, 0.05) is 75.4 Å². The predicted octanol–water partition coefficient (Wildman–Crippen LogP) is 3.91. The van der Waals surface area contributed by atoms with Crippen molar-refractivity contribution in [3.63, 3.8) is 0 Å². The Labute approximate surface area is 360 Å². The maximum absolute atomic E-state index is 8.72. The van der Waals surface area contributed by atoms with Crippen molar-refractivity contribution in [3.8, 4) is 11.1 Å². The van der Waals surface area contributed by atoms with E-state index in [9.17, 15) is 0 Å². The summed E-state index contributed by atoms with van der Waals surface area (Å²) < 4.78 is 4.52.